The molecule has 3 aromatic rings. The molecule has 5 nitrogen and oxygen atoms in total. The van der Waals surface area contributed by atoms with E-state index in [4.69, 9.17) is 4.74 Å². The number of rotatable bonds is 6. The highest BCUT2D eigenvalue weighted by molar-refractivity contribution is 5.95. The van der Waals surface area contributed by atoms with Crippen molar-refractivity contribution < 1.29 is 13.9 Å². The summed E-state index contributed by atoms with van der Waals surface area (Å²) < 4.78 is 20.3. The first-order valence-electron chi connectivity index (χ1n) is 8.30. The number of para-hydroxylation sites is 1. The molecular formula is C20H20FN3O2. The molecule has 1 amide bonds. The van der Waals surface area contributed by atoms with E-state index >= 15 is 0 Å². The Labute approximate surface area is 151 Å². The van der Waals surface area contributed by atoms with Gasteiger partial charge in [0.05, 0.1) is 29.7 Å². The average Bonchev–Trinajstić information content (AvgIpc) is 3.04. The standard InChI is InChI=1S/C20H20FN3O2/c1-15-19(14-22-24(15)17-10-8-16(21)9-11-17)20(25)23(2)12-13-26-18-6-4-3-5-7-18/h3-11,14H,12-13H2,1-2H3. The first-order valence-corrected chi connectivity index (χ1v) is 8.30. The Morgan fingerprint density at radius 3 is 2.54 bits per heavy atom. The minimum atomic E-state index is -0.312. The van der Waals surface area contributed by atoms with Crippen molar-refractivity contribution in [3.8, 4) is 11.4 Å². The van der Waals surface area contributed by atoms with Crippen LogP contribution in [0.4, 0.5) is 4.39 Å². The molecule has 0 saturated carbocycles. The van der Waals surface area contributed by atoms with Crippen LogP contribution in [0.25, 0.3) is 5.69 Å². The number of ether oxygens (including phenoxy) is 1. The van der Waals surface area contributed by atoms with Gasteiger partial charge < -0.3 is 9.64 Å². The third kappa shape index (κ3) is 3.91. The molecule has 0 radical (unpaired) electrons. The van der Waals surface area contributed by atoms with Crippen molar-refractivity contribution in [3.63, 3.8) is 0 Å². The zero-order valence-electron chi connectivity index (χ0n) is 14.7. The number of hydrogen-bond acceptors (Lipinski definition) is 3. The molecule has 0 bridgehead atoms. The summed E-state index contributed by atoms with van der Waals surface area (Å²) in [6, 6.07) is 15.5. The van der Waals surface area contributed by atoms with Gasteiger partial charge in [-0.15, -0.1) is 0 Å². The van der Waals surface area contributed by atoms with Crippen LogP contribution in [-0.4, -0.2) is 40.8 Å². The lowest BCUT2D eigenvalue weighted by Crippen LogP contribution is -2.31. The number of aromatic nitrogens is 2. The molecule has 0 aliphatic rings. The van der Waals surface area contributed by atoms with E-state index in [1.54, 1.807) is 28.8 Å². The van der Waals surface area contributed by atoms with E-state index in [1.165, 1.54) is 18.3 Å². The monoisotopic (exact) mass is 353 g/mol. The second-order valence-corrected chi connectivity index (χ2v) is 5.92. The second kappa shape index (κ2) is 7.82. The largest absolute Gasteiger partial charge is 0.492 e. The zero-order chi connectivity index (χ0) is 18.5. The second-order valence-electron chi connectivity index (χ2n) is 5.92. The van der Waals surface area contributed by atoms with Gasteiger partial charge >= 0.3 is 0 Å². The van der Waals surface area contributed by atoms with Crippen LogP contribution in [0.5, 0.6) is 5.75 Å². The number of hydrogen-bond donors (Lipinski definition) is 0. The van der Waals surface area contributed by atoms with E-state index in [0.29, 0.717) is 30.1 Å². The quantitative estimate of drug-likeness (QED) is 0.682. The minimum absolute atomic E-state index is 0.132. The van der Waals surface area contributed by atoms with Crippen LogP contribution in [0.2, 0.25) is 0 Å². The molecule has 0 spiro atoms. The Bertz CT molecular complexity index is 876. The number of halogens is 1. The van der Waals surface area contributed by atoms with E-state index in [-0.39, 0.29) is 11.7 Å². The summed E-state index contributed by atoms with van der Waals surface area (Å²) in [6.07, 6.45) is 1.54. The number of likely N-dealkylation sites (N-methyl/N-ethyl adjacent to an activating group) is 1. The van der Waals surface area contributed by atoms with Crippen LogP contribution >= 0.6 is 0 Å². The highest BCUT2D eigenvalue weighted by atomic mass is 19.1. The normalized spacial score (nSPS) is 10.6. The number of carbonyl (C=O) groups excluding carboxylic acids is 1. The SMILES string of the molecule is Cc1c(C(=O)N(C)CCOc2ccccc2)cnn1-c1ccc(F)cc1. The molecule has 3 rings (SSSR count). The fourth-order valence-corrected chi connectivity index (χ4v) is 2.59. The molecule has 0 unspecified atom stereocenters. The molecule has 26 heavy (non-hydrogen) atoms. The molecule has 2 aromatic carbocycles. The number of carbonyl (C=O) groups is 1. The van der Waals surface area contributed by atoms with Gasteiger partial charge in [-0.05, 0) is 43.3 Å². The first-order chi connectivity index (χ1) is 12.6. The number of amides is 1. The van der Waals surface area contributed by atoms with E-state index in [0.717, 1.165) is 5.75 Å². The molecule has 134 valence electrons. The average molecular weight is 353 g/mol. The van der Waals surface area contributed by atoms with Crippen molar-refractivity contribution in [2.24, 2.45) is 0 Å². The molecular weight excluding hydrogens is 333 g/mol. The summed E-state index contributed by atoms with van der Waals surface area (Å²) in [5.74, 6) is 0.328. The molecule has 0 aliphatic carbocycles. The summed E-state index contributed by atoms with van der Waals surface area (Å²) >= 11 is 0. The van der Waals surface area contributed by atoms with Crippen molar-refractivity contribution in [1.29, 1.82) is 0 Å². The van der Waals surface area contributed by atoms with Gasteiger partial charge in [0.1, 0.15) is 18.2 Å². The van der Waals surface area contributed by atoms with E-state index < -0.39 is 0 Å². The van der Waals surface area contributed by atoms with Gasteiger partial charge in [-0.25, -0.2) is 9.07 Å². The smallest absolute Gasteiger partial charge is 0.257 e. The van der Waals surface area contributed by atoms with Crippen molar-refractivity contribution in [1.82, 2.24) is 14.7 Å². The van der Waals surface area contributed by atoms with Crippen molar-refractivity contribution in [2.45, 2.75) is 6.92 Å². The van der Waals surface area contributed by atoms with Gasteiger partial charge in [0.25, 0.3) is 5.91 Å². The maximum atomic E-state index is 13.1. The predicted molar refractivity (Wildman–Crippen MR) is 97.2 cm³/mol. The van der Waals surface area contributed by atoms with Gasteiger partial charge in [0.2, 0.25) is 0 Å². The van der Waals surface area contributed by atoms with E-state index in [9.17, 15) is 9.18 Å². The predicted octanol–water partition coefficient (Wildman–Crippen LogP) is 3.47. The van der Waals surface area contributed by atoms with Crippen LogP contribution in [0.1, 0.15) is 16.1 Å². The maximum Gasteiger partial charge on any atom is 0.257 e. The van der Waals surface area contributed by atoms with Crippen molar-refractivity contribution in [2.75, 3.05) is 20.2 Å². The van der Waals surface area contributed by atoms with E-state index in [1.807, 2.05) is 37.3 Å². The van der Waals surface area contributed by atoms with Crippen LogP contribution in [0, 0.1) is 12.7 Å². The van der Waals surface area contributed by atoms with Gasteiger partial charge in [0.15, 0.2) is 0 Å². The van der Waals surface area contributed by atoms with Crippen molar-refractivity contribution >= 4 is 5.91 Å². The van der Waals surface area contributed by atoms with Crippen LogP contribution in [0.3, 0.4) is 0 Å². The Morgan fingerprint density at radius 2 is 1.85 bits per heavy atom. The van der Waals surface area contributed by atoms with Crippen molar-refractivity contribution in [3.05, 3.63) is 77.9 Å². The van der Waals surface area contributed by atoms with E-state index in [2.05, 4.69) is 5.10 Å². The lowest BCUT2D eigenvalue weighted by atomic mass is 10.2. The Kier molecular flexibility index (Phi) is 5.31. The third-order valence-electron chi connectivity index (χ3n) is 4.10. The highest BCUT2D eigenvalue weighted by Crippen LogP contribution is 2.16. The molecule has 6 heteroatoms. The summed E-state index contributed by atoms with van der Waals surface area (Å²) in [7, 11) is 1.73. The lowest BCUT2D eigenvalue weighted by molar-refractivity contribution is 0.0773. The zero-order valence-corrected chi connectivity index (χ0v) is 14.7. The van der Waals surface area contributed by atoms with Gasteiger partial charge in [-0.2, -0.15) is 5.10 Å². The molecule has 0 aliphatic heterocycles. The first kappa shape index (κ1) is 17.7. The molecule has 0 atom stereocenters. The van der Waals surface area contributed by atoms with Crippen LogP contribution < -0.4 is 4.74 Å². The van der Waals surface area contributed by atoms with Gasteiger partial charge in [0, 0.05) is 7.05 Å². The summed E-state index contributed by atoms with van der Waals surface area (Å²) in [5.41, 5.74) is 1.92. The summed E-state index contributed by atoms with van der Waals surface area (Å²) in [5, 5.41) is 4.26. The Balaban J connectivity index is 1.65. The number of benzene rings is 2. The molecule has 0 fully saturated rings. The Hall–Kier alpha value is -3.15. The Morgan fingerprint density at radius 1 is 1.15 bits per heavy atom. The van der Waals surface area contributed by atoms with Gasteiger partial charge in [-0.1, -0.05) is 18.2 Å². The highest BCUT2D eigenvalue weighted by Gasteiger charge is 2.18. The van der Waals surface area contributed by atoms with Crippen LogP contribution in [-0.2, 0) is 0 Å². The fraction of sp³-hybridized carbons (Fsp3) is 0.200. The maximum absolute atomic E-state index is 13.1. The molecule has 1 aromatic heterocycles. The summed E-state index contributed by atoms with van der Waals surface area (Å²) in [6.45, 7) is 2.67. The topological polar surface area (TPSA) is 47.4 Å². The van der Waals surface area contributed by atoms with Gasteiger partial charge in [-0.3, -0.25) is 4.79 Å². The molecule has 1 heterocycles. The summed E-state index contributed by atoms with van der Waals surface area (Å²) in [4.78, 5) is 14.3. The minimum Gasteiger partial charge on any atom is -0.492 e. The molecule has 0 N–H and O–H groups in total. The fourth-order valence-electron chi connectivity index (χ4n) is 2.59. The molecule has 0 saturated heterocycles. The third-order valence-corrected chi connectivity index (χ3v) is 4.10. The van der Waals surface area contributed by atoms with Crippen LogP contribution in [0.15, 0.2) is 60.8 Å². The number of nitrogens with zero attached hydrogens (tertiary/aromatic N) is 3. The lowest BCUT2D eigenvalue weighted by Gasteiger charge is -2.17.